The van der Waals surface area contributed by atoms with Crippen LogP contribution in [0.4, 0.5) is 0 Å². The summed E-state index contributed by atoms with van der Waals surface area (Å²) >= 11 is 0. The molecule has 3 nitrogen and oxygen atoms in total. The fourth-order valence-corrected chi connectivity index (χ4v) is 2.00. The third-order valence-electron chi connectivity index (χ3n) is 2.30. The monoisotopic (exact) mass is 239 g/mol. The van der Waals surface area contributed by atoms with Crippen LogP contribution in [-0.4, -0.2) is 26.2 Å². The van der Waals surface area contributed by atoms with E-state index in [0.717, 1.165) is 0 Å². The van der Waals surface area contributed by atoms with Gasteiger partial charge in [0.25, 0.3) is 0 Å². The molecule has 0 fully saturated rings. The molecule has 1 aromatic rings. The van der Waals surface area contributed by atoms with Crippen molar-refractivity contribution in [3.05, 3.63) is 35.9 Å². The number of benzene rings is 1. The Morgan fingerprint density at radius 2 is 2.06 bits per heavy atom. The molecule has 0 aromatic heterocycles. The normalized spacial score (nSPS) is 15.1. The minimum atomic E-state index is -2.38. The lowest BCUT2D eigenvalue weighted by molar-refractivity contribution is 0.399. The zero-order chi connectivity index (χ0) is 11.9. The molecule has 0 saturated carbocycles. The summed E-state index contributed by atoms with van der Waals surface area (Å²) in [4.78, 5) is 4.28. The molecule has 0 saturated heterocycles. The van der Waals surface area contributed by atoms with Gasteiger partial charge in [-0.1, -0.05) is 30.3 Å². The average Bonchev–Trinajstić information content (AvgIpc) is 2.30. The van der Waals surface area contributed by atoms with Gasteiger partial charge in [0, 0.05) is 19.9 Å². The predicted octanol–water partition coefficient (Wildman–Crippen LogP) is 3.20. The minimum absolute atomic E-state index is 0.557. The molecular weight excluding hydrogens is 221 g/mol. The van der Waals surface area contributed by atoms with Crippen molar-refractivity contribution in [2.45, 2.75) is 13.0 Å². The molecule has 88 valence electrons. The summed E-state index contributed by atoms with van der Waals surface area (Å²) in [6.07, 6.45) is 3.08. The Bertz CT molecular complexity index is 376. The van der Waals surface area contributed by atoms with Crippen molar-refractivity contribution in [1.82, 2.24) is 0 Å². The van der Waals surface area contributed by atoms with E-state index in [1.807, 2.05) is 36.5 Å². The van der Waals surface area contributed by atoms with Crippen LogP contribution in [0.25, 0.3) is 0 Å². The fraction of sp³-hybridized carbons (Fsp3) is 0.417. The third kappa shape index (κ3) is 5.24. The van der Waals surface area contributed by atoms with Gasteiger partial charge in [-0.05, 0) is 18.2 Å². The van der Waals surface area contributed by atoms with E-state index in [-0.39, 0.29) is 0 Å². The van der Waals surface area contributed by atoms with Gasteiger partial charge in [0.1, 0.15) is 0 Å². The van der Waals surface area contributed by atoms with E-state index < -0.39 is 7.37 Å². The summed E-state index contributed by atoms with van der Waals surface area (Å²) < 4.78 is 16.4. The smallest absolute Gasteiger partial charge is 0.200 e. The Balaban J connectivity index is 2.27. The lowest BCUT2D eigenvalue weighted by Crippen LogP contribution is -1.91. The second kappa shape index (κ2) is 6.62. The van der Waals surface area contributed by atoms with Gasteiger partial charge in [0.2, 0.25) is 0 Å². The maximum absolute atomic E-state index is 11.5. The molecule has 0 N–H and O–H groups in total. The molecule has 1 atom stereocenters. The Morgan fingerprint density at radius 3 is 2.69 bits per heavy atom. The molecule has 1 unspecified atom stereocenters. The van der Waals surface area contributed by atoms with Crippen LogP contribution in [0.15, 0.2) is 35.3 Å². The lowest BCUT2D eigenvalue weighted by Gasteiger charge is -2.07. The van der Waals surface area contributed by atoms with Crippen LogP contribution in [0.5, 0.6) is 0 Å². The molecule has 0 aliphatic rings. The number of hydrogen-bond donors (Lipinski definition) is 0. The van der Waals surface area contributed by atoms with Crippen molar-refractivity contribution >= 4 is 13.6 Å². The Morgan fingerprint density at radius 1 is 1.38 bits per heavy atom. The summed E-state index contributed by atoms with van der Waals surface area (Å²) in [6, 6.07) is 10.1. The van der Waals surface area contributed by atoms with Crippen LogP contribution in [-0.2, 0) is 15.6 Å². The highest BCUT2D eigenvalue weighted by Crippen LogP contribution is 2.41. The van der Waals surface area contributed by atoms with Crippen LogP contribution in [0, 0.1) is 0 Å². The Kier molecular flexibility index (Phi) is 5.44. The highest BCUT2D eigenvalue weighted by molar-refractivity contribution is 7.58. The predicted molar refractivity (Wildman–Crippen MR) is 68.7 cm³/mol. The van der Waals surface area contributed by atoms with E-state index in [4.69, 9.17) is 4.52 Å². The van der Waals surface area contributed by atoms with Crippen LogP contribution < -0.4 is 0 Å². The van der Waals surface area contributed by atoms with Crippen LogP contribution in [0.3, 0.4) is 0 Å². The van der Waals surface area contributed by atoms with E-state index >= 15 is 0 Å². The fourth-order valence-electron chi connectivity index (χ4n) is 1.23. The summed E-state index contributed by atoms with van der Waals surface area (Å²) in [7, 11) is -0.889. The van der Waals surface area contributed by atoms with Crippen molar-refractivity contribution in [2.75, 3.05) is 19.9 Å². The van der Waals surface area contributed by atoms with Crippen LogP contribution >= 0.6 is 7.37 Å². The van der Waals surface area contributed by atoms with E-state index in [1.165, 1.54) is 12.7 Å². The minimum Gasteiger partial charge on any atom is -0.332 e. The second-order valence-electron chi connectivity index (χ2n) is 3.72. The molecule has 0 radical (unpaired) electrons. The topological polar surface area (TPSA) is 38.7 Å². The summed E-state index contributed by atoms with van der Waals surface area (Å²) in [6.45, 7) is 2.33. The van der Waals surface area contributed by atoms with E-state index in [2.05, 4.69) is 4.99 Å². The molecule has 0 heterocycles. The average molecular weight is 239 g/mol. The first-order chi connectivity index (χ1) is 7.64. The molecule has 0 bridgehead atoms. The van der Waals surface area contributed by atoms with E-state index in [9.17, 15) is 4.57 Å². The standard InChI is InChI=1S/C12H18NO2P/c1-15-16(2,14)10-6-9-13-11-12-7-4-3-5-8-12/h3-5,7-9H,6,10-11H2,1-2H3/b13-9+. The third-order valence-corrected chi connectivity index (χ3v) is 4.14. The first-order valence-corrected chi connectivity index (χ1v) is 7.54. The highest BCUT2D eigenvalue weighted by Gasteiger charge is 2.11. The molecule has 0 aliphatic carbocycles. The SMILES string of the molecule is COP(C)(=O)CC/C=N/Cc1ccccc1. The van der Waals surface area contributed by atoms with Crippen molar-refractivity contribution < 1.29 is 9.09 Å². The van der Waals surface area contributed by atoms with E-state index in [0.29, 0.717) is 19.1 Å². The second-order valence-corrected chi connectivity index (χ2v) is 6.56. The summed E-state index contributed by atoms with van der Waals surface area (Å²) in [5.41, 5.74) is 1.19. The number of aliphatic imine (C=N–C) groups is 1. The molecule has 4 heteroatoms. The highest BCUT2D eigenvalue weighted by atomic mass is 31.2. The molecular formula is C12H18NO2P. The van der Waals surface area contributed by atoms with Crippen LogP contribution in [0.2, 0.25) is 0 Å². The zero-order valence-electron chi connectivity index (χ0n) is 9.80. The molecule has 1 rings (SSSR count). The Hall–Kier alpha value is -0.920. The first kappa shape index (κ1) is 13.1. The lowest BCUT2D eigenvalue weighted by atomic mass is 10.2. The van der Waals surface area contributed by atoms with Crippen molar-refractivity contribution in [1.29, 1.82) is 0 Å². The van der Waals surface area contributed by atoms with Crippen molar-refractivity contribution in [3.8, 4) is 0 Å². The summed E-state index contributed by atoms with van der Waals surface area (Å²) in [5, 5.41) is 0. The number of nitrogens with zero attached hydrogens (tertiary/aromatic N) is 1. The zero-order valence-corrected chi connectivity index (χ0v) is 10.7. The molecule has 0 amide bonds. The van der Waals surface area contributed by atoms with Crippen molar-refractivity contribution in [2.24, 2.45) is 4.99 Å². The van der Waals surface area contributed by atoms with Crippen LogP contribution in [0.1, 0.15) is 12.0 Å². The van der Waals surface area contributed by atoms with Crippen molar-refractivity contribution in [3.63, 3.8) is 0 Å². The van der Waals surface area contributed by atoms with Gasteiger partial charge in [-0.2, -0.15) is 0 Å². The van der Waals surface area contributed by atoms with Gasteiger partial charge in [-0.3, -0.25) is 9.56 Å². The molecule has 16 heavy (non-hydrogen) atoms. The maximum atomic E-state index is 11.5. The largest absolute Gasteiger partial charge is 0.332 e. The Labute approximate surface area is 97.0 Å². The first-order valence-electron chi connectivity index (χ1n) is 5.28. The maximum Gasteiger partial charge on any atom is 0.200 e. The molecule has 0 spiro atoms. The summed E-state index contributed by atoms with van der Waals surface area (Å²) in [5.74, 6) is 0. The van der Waals surface area contributed by atoms with Gasteiger partial charge < -0.3 is 4.52 Å². The van der Waals surface area contributed by atoms with Gasteiger partial charge in [0.05, 0.1) is 6.54 Å². The number of rotatable bonds is 6. The number of hydrogen-bond acceptors (Lipinski definition) is 3. The molecule has 0 aliphatic heterocycles. The molecule has 1 aromatic carbocycles. The van der Waals surface area contributed by atoms with Gasteiger partial charge in [0.15, 0.2) is 7.37 Å². The van der Waals surface area contributed by atoms with Gasteiger partial charge in [-0.25, -0.2) is 0 Å². The van der Waals surface area contributed by atoms with Gasteiger partial charge >= 0.3 is 0 Å². The quantitative estimate of drug-likeness (QED) is 0.564. The van der Waals surface area contributed by atoms with E-state index in [1.54, 1.807) is 6.66 Å². The van der Waals surface area contributed by atoms with Gasteiger partial charge in [-0.15, -0.1) is 0 Å².